The summed E-state index contributed by atoms with van der Waals surface area (Å²) in [5, 5.41) is 5.90. The zero-order valence-electron chi connectivity index (χ0n) is 19.4. The SMILES string of the molecule is Cc1cc(C(=O)Nc2ccc(N3CCN(Cc4ccccc4)CC3)cc2)c2c(=O)[nH]n(C)c2n1. The lowest BCUT2D eigenvalue weighted by Gasteiger charge is -2.36. The Labute approximate surface area is 197 Å². The number of carbonyl (C=O) groups excluding carboxylic acids is 1. The maximum absolute atomic E-state index is 13.0. The first-order valence-corrected chi connectivity index (χ1v) is 11.5. The normalized spacial score (nSPS) is 14.5. The van der Waals surface area contributed by atoms with E-state index in [1.54, 1.807) is 13.1 Å². The molecule has 2 N–H and O–H groups in total. The highest BCUT2D eigenvalue weighted by Crippen LogP contribution is 2.22. The monoisotopic (exact) mass is 456 g/mol. The molecule has 0 atom stereocenters. The minimum absolute atomic E-state index is 0.301. The van der Waals surface area contributed by atoms with Crippen LogP contribution in [0.4, 0.5) is 11.4 Å². The largest absolute Gasteiger partial charge is 0.369 e. The van der Waals surface area contributed by atoms with Gasteiger partial charge in [-0.15, -0.1) is 0 Å². The number of aryl methyl sites for hydroxylation is 2. The van der Waals surface area contributed by atoms with Gasteiger partial charge in [0.25, 0.3) is 11.5 Å². The zero-order chi connectivity index (χ0) is 23.7. The molecule has 0 bridgehead atoms. The number of H-pyrrole nitrogens is 1. The first-order valence-electron chi connectivity index (χ1n) is 11.5. The summed E-state index contributed by atoms with van der Waals surface area (Å²) >= 11 is 0. The van der Waals surface area contributed by atoms with Gasteiger partial charge in [0.05, 0.1) is 10.9 Å². The van der Waals surface area contributed by atoms with Gasteiger partial charge in [-0.2, -0.15) is 0 Å². The third-order valence-electron chi connectivity index (χ3n) is 6.30. The summed E-state index contributed by atoms with van der Waals surface area (Å²) < 4.78 is 1.54. The third-order valence-corrected chi connectivity index (χ3v) is 6.30. The Morgan fingerprint density at radius 2 is 1.74 bits per heavy atom. The second-order valence-corrected chi connectivity index (χ2v) is 8.76. The lowest BCUT2D eigenvalue weighted by Crippen LogP contribution is -2.45. The summed E-state index contributed by atoms with van der Waals surface area (Å²) in [5.74, 6) is -0.325. The van der Waals surface area contributed by atoms with Crippen molar-refractivity contribution in [1.82, 2.24) is 19.7 Å². The number of fused-ring (bicyclic) bond motifs is 1. The Hall–Kier alpha value is -3.91. The van der Waals surface area contributed by atoms with Gasteiger partial charge >= 0.3 is 0 Å². The van der Waals surface area contributed by atoms with Gasteiger partial charge in [-0.1, -0.05) is 30.3 Å². The van der Waals surface area contributed by atoms with E-state index in [-0.39, 0.29) is 11.5 Å². The molecule has 4 aromatic rings. The van der Waals surface area contributed by atoms with Gasteiger partial charge in [-0.05, 0) is 42.8 Å². The number of hydrogen-bond acceptors (Lipinski definition) is 5. The first-order chi connectivity index (χ1) is 16.5. The number of anilines is 2. The number of nitrogens with one attached hydrogen (secondary N) is 2. The van der Waals surface area contributed by atoms with E-state index < -0.39 is 0 Å². The molecule has 174 valence electrons. The van der Waals surface area contributed by atoms with Crippen molar-refractivity contribution < 1.29 is 4.79 Å². The van der Waals surface area contributed by atoms with E-state index in [1.165, 1.54) is 10.2 Å². The van der Waals surface area contributed by atoms with Crippen LogP contribution in [0.15, 0.2) is 65.5 Å². The number of aromatic amines is 1. The molecule has 1 amide bonds. The smallest absolute Gasteiger partial charge is 0.274 e. The minimum Gasteiger partial charge on any atom is -0.369 e. The second kappa shape index (κ2) is 9.15. The molecule has 1 aliphatic rings. The molecule has 3 heterocycles. The maximum atomic E-state index is 13.0. The fourth-order valence-corrected chi connectivity index (χ4v) is 4.52. The van der Waals surface area contributed by atoms with Crippen molar-refractivity contribution in [3.63, 3.8) is 0 Å². The number of nitrogens with zero attached hydrogens (tertiary/aromatic N) is 4. The molecule has 0 radical (unpaired) electrons. The highest BCUT2D eigenvalue weighted by Gasteiger charge is 2.19. The van der Waals surface area contributed by atoms with Crippen molar-refractivity contribution in [1.29, 1.82) is 0 Å². The number of hydrogen-bond donors (Lipinski definition) is 2. The lowest BCUT2D eigenvalue weighted by molar-refractivity contribution is 0.102. The summed E-state index contributed by atoms with van der Waals surface area (Å²) in [4.78, 5) is 34.5. The molecular formula is C26H28N6O2. The predicted octanol–water partition coefficient (Wildman–Crippen LogP) is 3.14. The van der Waals surface area contributed by atoms with Gasteiger partial charge in [0.15, 0.2) is 5.65 Å². The molecule has 0 unspecified atom stereocenters. The molecule has 8 nitrogen and oxygen atoms in total. The van der Waals surface area contributed by atoms with E-state index in [2.05, 4.69) is 49.5 Å². The van der Waals surface area contributed by atoms with Crippen LogP contribution in [0.2, 0.25) is 0 Å². The number of carbonyl (C=O) groups is 1. The Bertz CT molecular complexity index is 1370. The van der Waals surface area contributed by atoms with E-state index in [4.69, 9.17) is 0 Å². The Kier molecular flexibility index (Phi) is 5.90. The van der Waals surface area contributed by atoms with Crippen LogP contribution in [0.3, 0.4) is 0 Å². The van der Waals surface area contributed by atoms with Crippen molar-refractivity contribution >= 4 is 28.3 Å². The lowest BCUT2D eigenvalue weighted by atomic mass is 10.1. The number of piperazine rings is 1. The number of benzene rings is 2. The standard InChI is InChI=1S/C26H28N6O2/c1-18-16-22(23-24(27-18)30(2)29-26(23)34)25(33)28-20-8-10-21(11-9-20)32-14-12-31(13-15-32)17-19-6-4-3-5-7-19/h3-11,16H,12-15,17H2,1-2H3,(H,28,33)(H,29,34). The molecule has 1 saturated heterocycles. The summed E-state index contributed by atoms with van der Waals surface area (Å²) in [7, 11) is 1.71. The van der Waals surface area contributed by atoms with E-state index in [9.17, 15) is 9.59 Å². The van der Waals surface area contributed by atoms with Gasteiger partial charge < -0.3 is 10.2 Å². The Balaban J connectivity index is 1.24. The predicted molar refractivity (Wildman–Crippen MR) is 134 cm³/mol. The van der Waals surface area contributed by atoms with Crippen LogP contribution in [-0.4, -0.2) is 51.8 Å². The molecule has 8 heteroatoms. The van der Waals surface area contributed by atoms with Crippen molar-refractivity contribution in [2.45, 2.75) is 13.5 Å². The minimum atomic E-state index is -0.325. The molecule has 0 spiro atoms. The number of rotatable bonds is 5. The third kappa shape index (κ3) is 4.45. The van der Waals surface area contributed by atoms with Crippen LogP contribution in [0.5, 0.6) is 0 Å². The molecule has 0 saturated carbocycles. The van der Waals surface area contributed by atoms with E-state index in [0.717, 1.165) is 38.4 Å². The zero-order valence-corrected chi connectivity index (χ0v) is 19.4. The van der Waals surface area contributed by atoms with Gasteiger partial charge in [-0.3, -0.25) is 24.3 Å². The molecule has 1 aliphatic heterocycles. The van der Waals surface area contributed by atoms with E-state index >= 15 is 0 Å². The molecular weight excluding hydrogens is 428 g/mol. The highest BCUT2D eigenvalue weighted by atomic mass is 16.2. The first kappa shape index (κ1) is 21.9. The van der Waals surface area contributed by atoms with E-state index in [1.807, 2.05) is 37.3 Å². The van der Waals surface area contributed by atoms with Crippen LogP contribution in [-0.2, 0) is 13.6 Å². The van der Waals surface area contributed by atoms with Crippen molar-refractivity contribution in [3.05, 3.63) is 87.8 Å². The second-order valence-electron chi connectivity index (χ2n) is 8.76. The highest BCUT2D eigenvalue weighted by molar-refractivity contribution is 6.12. The summed E-state index contributed by atoms with van der Waals surface area (Å²) in [6.45, 7) is 6.73. The maximum Gasteiger partial charge on any atom is 0.274 e. The number of aromatic nitrogens is 3. The van der Waals surface area contributed by atoms with Crippen LogP contribution in [0, 0.1) is 6.92 Å². The van der Waals surface area contributed by atoms with Crippen molar-refractivity contribution in [2.75, 3.05) is 36.4 Å². The van der Waals surface area contributed by atoms with Gasteiger partial charge in [0.2, 0.25) is 0 Å². The summed E-state index contributed by atoms with van der Waals surface area (Å²) in [6, 6.07) is 20.1. The Morgan fingerprint density at radius 1 is 1.03 bits per heavy atom. The van der Waals surface area contributed by atoms with Gasteiger partial charge in [-0.25, -0.2) is 4.98 Å². The molecule has 2 aromatic heterocycles. The number of amides is 1. The van der Waals surface area contributed by atoms with Crippen LogP contribution < -0.4 is 15.8 Å². The fraction of sp³-hybridized carbons (Fsp3) is 0.269. The van der Waals surface area contributed by atoms with Crippen molar-refractivity contribution in [3.8, 4) is 0 Å². The summed E-state index contributed by atoms with van der Waals surface area (Å²) in [5.41, 5.74) is 4.31. The van der Waals surface area contributed by atoms with Crippen LogP contribution in [0.1, 0.15) is 21.6 Å². The molecule has 2 aromatic carbocycles. The van der Waals surface area contributed by atoms with Crippen molar-refractivity contribution in [2.24, 2.45) is 7.05 Å². The summed E-state index contributed by atoms with van der Waals surface area (Å²) in [6.07, 6.45) is 0. The average molecular weight is 457 g/mol. The quantitative estimate of drug-likeness (QED) is 0.482. The fourth-order valence-electron chi connectivity index (χ4n) is 4.52. The molecule has 0 aliphatic carbocycles. The topological polar surface area (TPSA) is 86.3 Å². The number of pyridine rings is 1. The van der Waals surface area contributed by atoms with Crippen LogP contribution in [0.25, 0.3) is 11.0 Å². The van der Waals surface area contributed by atoms with Crippen LogP contribution >= 0.6 is 0 Å². The average Bonchev–Trinajstić information content (AvgIpc) is 3.13. The molecule has 34 heavy (non-hydrogen) atoms. The van der Waals surface area contributed by atoms with E-state index in [0.29, 0.717) is 28.0 Å². The Morgan fingerprint density at radius 3 is 2.44 bits per heavy atom. The molecule has 5 rings (SSSR count). The molecule has 1 fully saturated rings. The van der Waals surface area contributed by atoms with Gasteiger partial charge in [0.1, 0.15) is 0 Å². The van der Waals surface area contributed by atoms with Gasteiger partial charge in [0, 0.05) is 56.8 Å².